The first-order chi connectivity index (χ1) is 6.97. The molecule has 82 valence electrons. The molecule has 1 rings (SSSR count). The van der Waals surface area contributed by atoms with Crippen LogP contribution >= 0.6 is 11.6 Å². The Kier molecular flexibility index (Phi) is 3.65. The van der Waals surface area contributed by atoms with Crippen LogP contribution in [0.25, 0.3) is 0 Å². The van der Waals surface area contributed by atoms with Gasteiger partial charge in [-0.3, -0.25) is 10.1 Å². The van der Waals surface area contributed by atoms with E-state index in [0.29, 0.717) is 0 Å². The predicted molar refractivity (Wildman–Crippen MR) is 55.9 cm³/mol. The highest BCUT2D eigenvalue weighted by Crippen LogP contribution is 2.16. The number of nitrogens with zero attached hydrogens (tertiary/aromatic N) is 1. The summed E-state index contributed by atoms with van der Waals surface area (Å²) < 4.78 is 22.9. The monoisotopic (exact) mass is 249 g/mol. The lowest BCUT2D eigenvalue weighted by atomic mass is 10.3. The largest absolute Gasteiger partial charge is 0.269 e. The number of halogens is 1. The minimum absolute atomic E-state index is 0.000674. The second kappa shape index (κ2) is 4.59. The zero-order chi connectivity index (χ0) is 11.5. The van der Waals surface area contributed by atoms with Crippen molar-refractivity contribution in [2.75, 3.05) is 11.6 Å². The Bertz CT molecular complexity index is 454. The van der Waals surface area contributed by atoms with Crippen LogP contribution < -0.4 is 0 Å². The molecule has 0 unspecified atom stereocenters. The van der Waals surface area contributed by atoms with E-state index >= 15 is 0 Å². The Hall–Kier alpha value is -1.14. The van der Waals surface area contributed by atoms with Gasteiger partial charge in [0.1, 0.15) is 0 Å². The van der Waals surface area contributed by atoms with Crippen LogP contribution in [0, 0.1) is 10.1 Å². The number of sulfone groups is 1. The van der Waals surface area contributed by atoms with Gasteiger partial charge in [-0.05, 0) is 12.1 Å². The van der Waals surface area contributed by atoms with Crippen LogP contribution in [0.15, 0.2) is 29.2 Å². The molecule has 0 atom stereocenters. The lowest BCUT2D eigenvalue weighted by molar-refractivity contribution is -0.384. The first-order valence-electron chi connectivity index (χ1n) is 4.00. The Morgan fingerprint density at radius 3 is 2.20 bits per heavy atom. The van der Waals surface area contributed by atoms with E-state index in [1.807, 2.05) is 0 Å². The molecule has 0 aromatic heterocycles. The summed E-state index contributed by atoms with van der Waals surface area (Å²) in [6.07, 6.45) is 0. The van der Waals surface area contributed by atoms with Crippen molar-refractivity contribution in [3.63, 3.8) is 0 Å². The summed E-state index contributed by atoms with van der Waals surface area (Å²) in [6.45, 7) is 0. The Balaban J connectivity index is 3.04. The highest BCUT2D eigenvalue weighted by molar-refractivity contribution is 7.91. The quantitative estimate of drug-likeness (QED) is 0.461. The average Bonchev–Trinajstić information content (AvgIpc) is 2.18. The molecule has 0 amide bonds. The van der Waals surface area contributed by atoms with Crippen molar-refractivity contribution in [2.45, 2.75) is 4.90 Å². The molecule has 0 heterocycles. The highest BCUT2D eigenvalue weighted by Gasteiger charge is 2.14. The van der Waals surface area contributed by atoms with E-state index in [1.54, 1.807) is 0 Å². The molecule has 7 heteroatoms. The molecule has 1 aromatic carbocycles. The van der Waals surface area contributed by atoms with Gasteiger partial charge < -0.3 is 0 Å². The summed E-state index contributed by atoms with van der Waals surface area (Å²) in [4.78, 5) is 9.79. The van der Waals surface area contributed by atoms with Crippen molar-refractivity contribution in [3.05, 3.63) is 34.4 Å². The third kappa shape index (κ3) is 2.90. The Morgan fingerprint density at radius 2 is 1.80 bits per heavy atom. The molecule has 0 fully saturated rings. The second-order valence-corrected chi connectivity index (χ2v) is 5.25. The zero-order valence-corrected chi connectivity index (χ0v) is 9.16. The van der Waals surface area contributed by atoms with Gasteiger partial charge in [0.15, 0.2) is 9.84 Å². The van der Waals surface area contributed by atoms with Gasteiger partial charge in [-0.2, -0.15) is 0 Å². The van der Waals surface area contributed by atoms with Crippen LogP contribution in [0.4, 0.5) is 5.69 Å². The lowest BCUT2D eigenvalue weighted by Gasteiger charge is -2.00. The molecule has 1 aromatic rings. The fourth-order valence-corrected chi connectivity index (χ4v) is 2.59. The van der Waals surface area contributed by atoms with E-state index in [1.165, 1.54) is 12.1 Å². The summed E-state index contributed by atoms with van der Waals surface area (Å²) in [5, 5.41) is 10.3. The molecule has 15 heavy (non-hydrogen) atoms. The van der Waals surface area contributed by atoms with Gasteiger partial charge in [0.2, 0.25) is 0 Å². The fraction of sp³-hybridized carbons (Fsp3) is 0.250. The zero-order valence-electron chi connectivity index (χ0n) is 7.59. The SMILES string of the molecule is O=[N+]([O-])c1ccc(S(=O)(=O)CCCl)cc1. The predicted octanol–water partition coefficient (Wildman–Crippen LogP) is 1.61. The number of nitro benzene ring substituents is 1. The minimum Gasteiger partial charge on any atom is -0.258 e. The molecule has 0 spiro atoms. The summed E-state index contributed by atoms with van der Waals surface area (Å²) >= 11 is 5.33. The third-order valence-corrected chi connectivity index (χ3v) is 3.90. The molecule has 0 aliphatic carbocycles. The first-order valence-corrected chi connectivity index (χ1v) is 6.19. The number of benzene rings is 1. The Labute approximate surface area is 91.7 Å². The summed E-state index contributed by atoms with van der Waals surface area (Å²) in [7, 11) is -3.41. The Morgan fingerprint density at radius 1 is 1.27 bits per heavy atom. The van der Waals surface area contributed by atoms with Crippen LogP contribution in [-0.2, 0) is 9.84 Å². The highest BCUT2D eigenvalue weighted by atomic mass is 35.5. The van der Waals surface area contributed by atoms with Gasteiger partial charge in [-0.25, -0.2) is 8.42 Å². The molecule has 0 saturated carbocycles. The molecule has 0 bridgehead atoms. The van der Waals surface area contributed by atoms with Gasteiger partial charge in [0, 0.05) is 18.0 Å². The van der Waals surface area contributed by atoms with Crippen molar-refractivity contribution in [1.82, 2.24) is 0 Å². The molecule has 0 aliphatic rings. The standard InChI is InChI=1S/C8H8ClNO4S/c9-5-6-15(13,14)8-3-1-7(2-4-8)10(11)12/h1-4H,5-6H2. The number of non-ortho nitro benzene ring substituents is 1. The van der Waals surface area contributed by atoms with Crippen molar-refractivity contribution < 1.29 is 13.3 Å². The molecule has 0 N–H and O–H groups in total. The van der Waals surface area contributed by atoms with Crippen LogP contribution in [0.1, 0.15) is 0 Å². The molecule has 0 aliphatic heterocycles. The van der Waals surface area contributed by atoms with Crippen molar-refractivity contribution in [2.24, 2.45) is 0 Å². The number of hydrogen-bond acceptors (Lipinski definition) is 4. The lowest BCUT2D eigenvalue weighted by Crippen LogP contribution is -2.07. The molecular formula is C8H8ClNO4S. The van der Waals surface area contributed by atoms with Gasteiger partial charge in [0.05, 0.1) is 15.6 Å². The number of hydrogen-bond donors (Lipinski definition) is 0. The van der Waals surface area contributed by atoms with Gasteiger partial charge in [-0.15, -0.1) is 11.6 Å². The first kappa shape index (κ1) is 11.9. The van der Waals surface area contributed by atoms with Gasteiger partial charge in [-0.1, -0.05) is 0 Å². The van der Waals surface area contributed by atoms with Crippen LogP contribution in [0.2, 0.25) is 0 Å². The normalized spacial score (nSPS) is 11.3. The number of rotatable bonds is 4. The van der Waals surface area contributed by atoms with E-state index in [-0.39, 0.29) is 22.2 Å². The topological polar surface area (TPSA) is 77.3 Å². The molecule has 5 nitrogen and oxygen atoms in total. The fourth-order valence-electron chi connectivity index (χ4n) is 0.995. The van der Waals surface area contributed by atoms with E-state index in [0.717, 1.165) is 12.1 Å². The van der Waals surface area contributed by atoms with E-state index < -0.39 is 14.8 Å². The van der Waals surface area contributed by atoms with E-state index in [2.05, 4.69) is 0 Å². The summed E-state index contributed by atoms with van der Waals surface area (Å²) in [6, 6.07) is 4.72. The van der Waals surface area contributed by atoms with Gasteiger partial charge in [0.25, 0.3) is 5.69 Å². The summed E-state index contributed by atoms with van der Waals surface area (Å²) in [5.41, 5.74) is -0.139. The average molecular weight is 250 g/mol. The maximum absolute atomic E-state index is 11.5. The van der Waals surface area contributed by atoms with Crippen molar-refractivity contribution >= 4 is 27.1 Å². The number of alkyl halides is 1. The van der Waals surface area contributed by atoms with Gasteiger partial charge >= 0.3 is 0 Å². The molecular weight excluding hydrogens is 242 g/mol. The molecule has 0 saturated heterocycles. The van der Waals surface area contributed by atoms with Crippen molar-refractivity contribution in [1.29, 1.82) is 0 Å². The second-order valence-electron chi connectivity index (χ2n) is 2.76. The smallest absolute Gasteiger partial charge is 0.258 e. The van der Waals surface area contributed by atoms with Crippen LogP contribution in [0.3, 0.4) is 0 Å². The summed E-state index contributed by atoms with van der Waals surface area (Å²) in [5.74, 6) is -0.175. The van der Waals surface area contributed by atoms with Crippen LogP contribution in [0.5, 0.6) is 0 Å². The molecule has 0 radical (unpaired) electrons. The van der Waals surface area contributed by atoms with Crippen LogP contribution in [-0.4, -0.2) is 25.0 Å². The number of nitro groups is 1. The maximum atomic E-state index is 11.5. The van der Waals surface area contributed by atoms with Crippen molar-refractivity contribution in [3.8, 4) is 0 Å². The van der Waals surface area contributed by atoms with E-state index in [9.17, 15) is 18.5 Å². The third-order valence-electron chi connectivity index (χ3n) is 1.75. The van der Waals surface area contributed by atoms with E-state index in [4.69, 9.17) is 11.6 Å². The minimum atomic E-state index is -3.41. The maximum Gasteiger partial charge on any atom is 0.269 e.